The number of hydrogen-bond acceptors (Lipinski definition) is 4. The summed E-state index contributed by atoms with van der Waals surface area (Å²) >= 11 is 1.32. The van der Waals surface area contributed by atoms with Crippen LogP contribution >= 0.6 is 11.3 Å². The molecule has 3 aromatic rings. The Hall–Kier alpha value is -3.25. The largest absolute Gasteiger partial charge is 0.366 e. The number of nitrogens with zero attached hydrogens (tertiary/aromatic N) is 1. The SMILES string of the molecule is C=Cc1nc(-c2ccccc2)sc1C(=O)NCc1cccc(C(N)=O)c1. The maximum Gasteiger partial charge on any atom is 0.263 e. The summed E-state index contributed by atoms with van der Waals surface area (Å²) < 4.78 is 0. The molecule has 5 nitrogen and oxygen atoms in total. The molecule has 1 aromatic heterocycles. The van der Waals surface area contributed by atoms with E-state index in [9.17, 15) is 9.59 Å². The zero-order chi connectivity index (χ0) is 18.5. The smallest absolute Gasteiger partial charge is 0.263 e. The number of carbonyl (C=O) groups is 2. The van der Waals surface area contributed by atoms with Crippen molar-refractivity contribution < 1.29 is 9.59 Å². The van der Waals surface area contributed by atoms with Gasteiger partial charge in [0.15, 0.2) is 0 Å². The standard InChI is InChI=1S/C20H17N3O2S/c1-2-16-17(26-20(23-16)14-8-4-3-5-9-14)19(25)22-12-13-7-6-10-15(11-13)18(21)24/h2-11H,1,12H2,(H2,21,24)(H,22,25). The molecule has 2 aromatic carbocycles. The lowest BCUT2D eigenvalue weighted by Gasteiger charge is -2.05. The first kappa shape index (κ1) is 17.6. The van der Waals surface area contributed by atoms with Gasteiger partial charge in [0, 0.05) is 17.7 Å². The first-order valence-electron chi connectivity index (χ1n) is 7.94. The van der Waals surface area contributed by atoms with Gasteiger partial charge < -0.3 is 11.1 Å². The highest BCUT2D eigenvalue weighted by molar-refractivity contribution is 7.17. The third kappa shape index (κ3) is 3.87. The molecular weight excluding hydrogens is 346 g/mol. The maximum atomic E-state index is 12.6. The summed E-state index contributed by atoms with van der Waals surface area (Å²) in [6, 6.07) is 16.5. The van der Waals surface area contributed by atoms with E-state index in [0.29, 0.717) is 16.1 Å². The summed E-state index contributed by atoms with van der Waals surface area (Å²) in [5.74, 6) is -0.730. The van der Waals surface area contributed by atoms with Crippen LogP contribution in [0.4, 0.5) is 0 Å². The lowest BCUT2D eigenvalue weighted by Crippen LogP contribution is -2.23. The molecule has 0 aliphatic rings. The molecule has 6 heteroatoms. The molecule has 0 spiro atoms. The third-order valence-electron chi connectivity index (χ3n) is 3.74. The maximum absolute atomic E-state index is 12.6. The minimum Gasteiger partial charge on any atom is -0.366 e. The Bertz CT molecular complexity index is 964. The molecule has 0 bridgehead atoms. The predicted molar refractivity (Wildman–Crippen MR) is 104 cm³/mol. The number of thiazole rings is 1. The number of nitrogens with two attached hydrogens (primary N) is 1. The molecule has 3 rings (SSSR count). The van der Waals surface area contributed by atoms with Crippen LogP contribution in [-0.4, -0.2) is 16.8 Å². The average Bonchev–Trinajstić information content (AvgIpc) is 3.11. The minimum atomic E-state index is -0.498. The second kappa shape index (κ2) is 7.76. The fraction of sp³-hybridized carbons (Fsp3) is 0.0500. The number of carbonyl (C=O) groups excluding carboxylic acids is 2. The number of benzene rings is 2. The van der Waals surface area contributed by atoms with E-state index in [2.05, 4.69) is 16.9 Å². The summed E-state index contributed by atoms with van der Waals surface area (Å²) in [5, 5.41) is 3.62. The normalized spacial score (nSPS) is 10.3. The summed E-state index contributed by atoms with van der Waals surface area (Å²) in [5.41, 5.74) is 7.99. The van der Waals surface area contributed by atoms with E-state index in [-0.39, 0.29) is 12.5 Å². The molecule has 26 heavy (non-hydrogen) atoms. The van der Waals surface area contributed by atoms with Gasteiger partial charge in [-0.2, -0.15) is 0 Å². The van der Waals surface area contributed by atoms with Crippen LogP contribution in [0.2, 0.25) is 0 Å². The van der Waals surface area contributed by atoms with Crippen LogP contribution in [0.1, 0.15) is 31.3 Å². The Morgan fingerprint density at radius 1 is 1.15 bits per heavy atom. The van der Waals surface area contributed by atoms with Crippen molar-refractivity contribution in [2.75, 3.05) is 0 Å². The van der Waals surface area contributed by atoms with Gasteiger partial charge in [-0.05, 0) is 23.8 Å². The predicted octanol–water partition coefficient (Wildman–Crippen LogP) is 3.48. The van der Waals surface area contributed by atoms with E-state index in [4.69, 9.17) is 5.73 Å². The van der Waals surface area contributed by atoms with Crippen molar-refractivity contribution in [2.45, 2.75) is 6.54 Å². The Balaban J connectivity index is 1.78. The Kier molecular flexibility index (Phi) is 5.24. The lowest BCUT2D eigenvalue weighted by atomic mass is 10.1. The topological polar surface area (TPSA) is 85.1 Å². The monoisotopic (exact) mass is 363 g/mol. The molecular formula is C20H17N3O2S. The van der Waals surface area contributed by atoms with E-state index in [1.807, 2.05) is 36.4 Å². The second-order valence-electron chi connectivity index (χ2n) is 5.55. The summed E-state index contributed by atoms with van der Waals surface area (Å²) in [4.78, 5) is 28.8. The van der Waals surface area contributed by atoms with Gasteiger partial charge in [-0.25, -0.2) is 4.98 Å². The number of hydrogen-bond donors (Lipinski definition) is 2. The summed E-state index contributed by atoms with van der Waals surface area (Å²) in [6.45, 7) is 4.03. The van der Waals surface area contributed by atoms with E-state index < -0.39 is 5.91 Å². The lowest BCUT2D eigenvalue weighted by molar-refractivity contribution is 0.0954. The molecule has 0 radical (unpaired) electrons. The van der Waals surface area contributed by atoms with Crippen molar-refractivity contribution in [1.29, 1.82) is 0 Å². The molecule has 1 heterocycles. The molecule has 0 aliphatic carbocycles. The van der Waals surface area contributed by atoms with Gasteiger partial charge in [0.25, 0.3) is 5.91 Å². The van der Waals surface area contributed by atoms with Gasteiger partial charge in [-0.1, -0.05) is 49.0 Å². The van der Waals surface area contributed by atoms with Crippen LogP contribution in [0.5, 0.6) is 0 Å². The fourth-order valence-corrected chi connectivity index (χ4v) is 3.42. The molecule has 0 saturated heterocycles. The van der Waals surface area contributed by atoms with E-state index in [1.54, 1.807) is 24.3 Å². The van der Waals surface area contributed by atoms with Crippen LogP contribution in [0.3, 0.4) is 0 Å². The molecule has 0 aliphatic heterocycles. The molecule has 0 unspecified atom stereocenters. The third-order valence-corrected chi connectivity index (χ3v) is 4.86. The number of amides is 2. The molecule has 3 N–H and O–H groups in total. The second-order valence-corrected chi connectivity index (χ2v) is 6.55. The van der Waals surface area contributed by atoms with Crippen LogP contribution in [0.15, 0.2) is 61.2 Å². The van der Waals surface area contributed by atoms with Crippen molar-refractivity contribution in [2.24, 2.45) is 5.73 Å². The molecule has 130 valence electrons. The quantitative estimate of drug-likeness (QED) is 0.703. The molecule has 0 saturated carbocycles. The number of primary amides is 1. The van der Waals surface area contributed by atoms with Crippen molar-refractivity contribution >= 4 is 29.2 Å². The van der Waals surface area contributed by atoms with Gasteiger partial charge in [-0.15, -0.1) is 11.3 Å². The van der Waals surface area contributed by atoms with E-state index >= 15 is 0 Å². The van der Waals surface area contributed by atoms with Crippen molar-refractivity contribution in [3.05, 3.63) is 82.9 Å². The van der Waals surface area contributed by atoms with Gasteiger partial charge in [-0.3, -0.25) is 9.59 Å². The van der Waals surface area contributed by atoms with E-state index in [0.717, 1.165) is 16.1 Å². The van der Waals surface area contributed by atoms with Crippen molar-refractivity contribution in [3.8, 4) is 10.6 Å². The van der Waals surface area contributed by atoms with Crippen LogP contribution in [0, 0.1) is 0 Å². The highest BCUT2D eigenvalue weighted by atomic mass is 32.1. The first-order chi connectivity index (χ1) is 12.6. The van der Waals surface area contributed by atoms with Crippen LogP contribution in [-0.2, 0) is 6.54 Å². The average molecular weight is 363 g/mol. The van der Waals surface area contributed by atoms with Gasteiger partial charge >= 0.3 is 0 Å². The highest BCUT2D eigenvalue weighted by Gasteiger charge is 2.17. The van der Waals surface area contributed by atoms with Crippen molar-refractivity contribution in [3.63, 3.8) is 0 Å². The fourth-order valence-electron chi connectivity index (χ4n) is 2.43. The first-order valence-corrected chi connectivity index (χ1v) is 8.75. The van der Waals surface area contributed by atoms with Gasteiger partial charge in [0.2, 0.25) is 5.91 Å². The Morgan fingerprint density at radius 2 is 1.92 bits per heavy atom. The number of rotatable bonds is 6. The Morgan fingerprint density at radius 3 is 2.62 bits per heavy atom. The van der Waals surface area contributed by atoms with Gasteiger partial charge in [0.1, 0.15) is 9.88 Å². The zero-order valence-electron chi connectivity index (χ0n) is 13.9. The zero-order valence-corrected chi connectivity index (χ0v) is 14.8. The van der Waals surface area contributed by atoms with Crippen molar-refractivity contribution in [1.82, 2.24) is 10.3 Å². The number of nitrogens with one attached hydrogen (secondary N) is 1. The van der Waals surface area contributed by atoms with Gasteiger partial charge in [0.05, 0.1) is 5.69 Å². The summed E-state index contributed by atoms with van der Waals surface area (Å²) in [7, 11) is 0. The molecule has 2 amide bonds. The molecule has 0 atom stereocenters. The molecule has 0 fully saturated rings. The highest BCUT2D eigenvalue weighted by Crippen LogP contribution is 2.28. The van der Waals surface area contributed by atoms with Crippen LogP contribution in [0.25, 0.3) is 16.6 Å². The minimum absolute atomic E-state index is 0.232. The summed E-state index contributed by atoms with van der Waals surface area (Å²) in [6.07, 6.45) is 1.57. The van der Waals surface area contributed by atoms with Crippen LogP contribution < -0.4 is 11.1 Å². The Labute approximate surface area is 155 Å². The number of aromatic nitrogens is 1. The van der Waals surface area contributed by atoms with E-state index in [1.165, 1.54) is 11.3 Å².